The Balaban J connectivity index is 1.55. The highest BCUT2D eigenvalue weighted by atomic mass is 32.1. The molecule has 1 amide bonds. The van der Waals surface area contributed by atoms with E-state index in [1.807, 2.05) is 0 Å². The number of hydrogen-bond donors (Lipinski definition) is 1. The summed E-state index contributed by atoms with van der Waals surface area (Å²) in [5, 5.41) is 14.0. The van der Waals surface area contributed by atoms with Gasteiger partial charge in [-0.2, -0.15) is 0 Å². The average Bonchev–Trinajstić information content (AvgIpc) is 3.26. The number of aromatic nitrogens is 4. The lowest BCUT2D eigenvalue weighted by atomic mass is 10.2. The molecule has 4 rings (SSSR count). The molecule has 1 N–H and O–H groups in total. The molecule has 3 heterocycles. The minimum atomic E-state index is -0.390. The maximum atomic E-state index is 12.1. The lowest BCUT2D eigenvalue weighted by molar-refractivity contribution is 0.102. The fourth-order valence-corrected chi connectivity index (χ4v) is 2.57. The largest absolute Gasteiger partial charge is 0.454 e. The molecule has 0 bridgehead atoms. The molecule has 1 aromatic carbocycles. The minimum Gasteiger partial charge on any atom is -0.454 e. The predicted molar refractivity (Wildman–Crippen MR) is 78.5 cm³/mol. The Morgan fingerprint density at radius 3 is 2.91 bits per heavy atom. The zero-order valence-electron chi connectivity index (χ0n) is 11.8. The number of fused-ring (bicyclic) bond motifs is 1. The highest BCUT2D eigenvalue weighted by Gasteiger charge is 2.19. The van der Waals surface area contributed by atoms with Crippen LogP contribution in [0, 0.1) is 6.92 Å². The van der Waals surface area contributed by atoms with Crippen molar-refractivity contribution in [2.24, 2.45) is 0 Å². The van der Waals surface area contributed by atoms with Crippen LogP contribution in [0.2, 0.25) is 0 Å². The molecule has 116 valence electrons. The number of benzene rings is 1. The fourth-order valence-electron chi connectivity index (χ4n) is 2.01. The fraction of sp³-hybridized carbons (Fsp3) is 0.154. The third kappa shape index (κ3) is 2.48. The van der Waals surface area contributed by atoms with Crippen LogP contribution in [-0.4, -0.2) is 32.5 Å². The summed E-state index contributed by atoms with van der Waals surface area (Å²) in [6, 6.07) is 5.25. The number of rotatable bonds is 3. The first-order chi connectivity index (χ1) is 11.2. The van der Waals surface area contributed by atoms with Crippen LogP contribution < -0.4 is 14.8 Å². The van der Waals surface area contributed by atoms with E-state index in [1.54, 1.807) is 25.1 Å². The van der Waals surface area contributed by atoms with Gasteiger partial charge in [0.1, 0.15) is 4.88 Å². The summed E-state index contributed by atoms with van der Waals surface area (Å²) in [6.07, 6.45) is 0. The molecular weight excluding hydrogens is 322 g/mol. The van der Waals surface area contributed by atoms with E-state index in [0.717, 1.165) is 11.5 Å². The molecule has 0 radical (unpaired) electrons. The van der Waals surface area contributed by atoms with Crippen molar-refractivity contribution in [1.29, 1.82) is 0 Å². The van der Waals surface area contributed by atoms with Gasteiger partial charge in [0.2, 0.25) is 12.7 Å². The van der Waals surface area contributed by atoms with Crippen LogP contribution in [0.3, 0.4) is 0 Å². The van der Waals surface area contributed by atoms with Gasteiger partial charge in [-0.3, -0.25) is 10.1 Å². The molecule has 0 spiro atoms. The quantitative estimate of drug-likeness (QED) is 0.774. The van der Waals surface area contributed by atoms with Crippen molar-refractivity contribution >= 4 is 23.5 Å². The molecule has 0 saturated carbocycles. The number of aryl methyl sites for hydroxylation is 1. The van der Waals surface area contributed by atoms with E-state index in [2.05, 4.69) is 25.1 Å². The Morgan fingerprint density at radius 1 is 1.22 bits per heavy atom. The second-order valence-corrected chi connectivity index (χ2v) is 5.38. The summed E-state index contributed by atoms with van der Waals surface area (Å²) in [5.74, 6) is 1.14. The van der Waals surface area contributed by atoms with Crippen molar-refractivity contribution in [3.63, 3.8) is 0 Å². The third-order valence-electron chi connectivity index (χ3n) is 3.12. The van der Waals surface area contributed by atoms with Crippen molar-refractivity contribution in [1.82, 2.24) is 19.8 Å². The molecule has 9 nitrogen and oxygen atoms in total. The number of ether oxygens (including phenoxy) is 2. The highest BCUT2D eigenvalue weighted by molar-refractivity contribution is 7.08. The molecule has 23 heavy (non-hydrogen) atoms. The molecule has 1 aliphatic rings. The van der Waals surface area contributed by atoms with Crippen LogP contribution in [0.1, 0.15) is 15.4 Å². The van der Waals surface area contributed by atoms with Crippen LogP contribution in [0.15, 0.2) is 22.6 Å². The zero-order chi connectivity index (χ0) is 15.8. The molecule has 10 heteroatoms. The smallest absolute Gasteiger partial charge is 0.322 e. The molecule has 0 atom stereocenters. The van der Waals surface area contributed by atoms with Crippen LogP contribution >= 0.6 is 11.5 Å². The third-order valence-corrected chi connectivity index (χ3v) is 3.95. The maximum Gasteiger partial charge on any atom is 0.322 e. The Kier molecular flexibility index (Phi) is 3.15. The van der Waals surface area contributed by atoms with Crippen LogP contribution in [0.25, 0.3) is 11.5 Å². The van der Waals surface area contributed by atoms with Crippen molar-refractivity contribution in [2.75, 3.05) is 12.1 Å². The first kappa shape index (κ1) is 13.6. The topological polar surface area (TPSA) is 112 Å². The standard InChI is InChI=1S/C13H9N5O4S/c1-6-10(23-18-15-6)11(19)14-13-17-16-12(22-13)7-2-3-8-9(4-7)21-5-20-8/h2-4H,5H2,1H3,(H,14,17,19). The minimum absolute atomic E-state index is 0.00420. The maximum absolute atomic E-state index is 12.1. The monoisotopic (exact) mass is 331 g/mol. The van der Waals surface area contributed by atoms with Crippen molar-refractivity contribution in [2.45, 2.75) is 6.92 Å². The highest BCUT2D eigenvalue weighted by Crippen LogP contribution is 2.35. The van der Waals surface area contributed by atoms with E-state index in [9.17, 15) is 4.79 Å². The lowest BCUT2D eigenvalue weighted by Crippen LogP contribution is -2.11. The van der Waals surface area contributed by atoms with Crippen LogP contribution in [0.4, 0.5) is 6.01 Å². The Labute approximate surface area is 133 Å². The van der Waals surface area contributed by atoms with E-state index in [1.165, 1.54) is 0 Å². The first-order valence-corrected chi connectivity index (χ1v) is 7.32. The lowest BCUT2D eigenvalue weighted by Gasteiger charge is -1.98. The van der Waals surface area contributed by atoms with Gasteiger partial charge in [0.25, 0.3) is 5.91 Å². The van der Waals surface area contributed by atoms with E-state index in [-0.39, 0.29) is 18.7 Å². The predicted octanol–water partition coefficient (Wildman–Crippen LogP) is 1.88. The van der Waals surface area contributed by atoms with E-state index in [0.29, 0.717) is 27.6 Å². The molecule has 0 saturated heterocycles. The van der Waals surface area contributed by atoms with E-state index >= 15 is 0 Å². The van der Waals surface area contributed by atoms with Crippen LogP contribution in [0.5, 0.6) is 11.5 Å². The van der Waals surface area contributed by atoms with Gasteiger partial charge in [0.05, 0.1) is 5.69 Å². The summed E-state index contributed by atoms with van der Waals surface area (Å²) < 4.78 is 19.7. The zero-order valence-corrected chi connectivity index (χ0v) is 12.6. The normalized spacial score (nSPS) is 12.4. The van der Waals surface area contributed by atoms with E-state index < -0.39 is 5.91 Å². The Morgan fingerprint density at radius 2 is 2.09 bits per heavy atom. The van der Waals surface area contributed by atoms with Crippen molar-refractivity contribution in [3.05, 3.63) is 28.8 Å². The number of carbonyl (C=O) groups is 1. The number of carbonyl (C=O) groups excluding carboxylic acids is 1. The molecule has 1 aliphatic heterocycles. The molecule has 0 aliphatic carbocycles. The average molecular weight is 331 g/mol. The van der Waals surface area contributed by atoms with Gasteiger partial charge in [-0.1, -0.05) is 9.59 Å². The number of amides is 1. The summed E-state index contributed by atoms with van der Waals surface area (Å²) in [4.78, 5) is 12.4. The molecule has 0 fully saturated rings. The number of nitrogens with one attached hydrogen (secondary N) is 1. The molecule has 3 aromatic rings. The van der Waals surface area contributed by atoms with Gasteiger partial charge in [-0.15, -0.1) is 10.2 Å². The molecule has 2 aromatic heterocycles. The summed E-state index contributed by atoms with van der Waals surface area (Å²) in [7, 11) is 0. The number of anilines is 1. The Bertz CT molecular complexity index is 890. The van der Waals surface area contributed by atoms with Gasteiger partial charge in [0, 0.05) is 5.56 Å². The van der Waals surface area contributed by atoms with Gasteiger partial charge >= 0.3 is 6.01 Å². The SMILES string of the molecule is Cc1nnsc1C(=O)Nc1nnc(-c2ccc3c(c2)OCO3)o1. The number of hydrogen-bond acceptors (Lipinski definition) is 9. The summed E-state index contributed by atoms with van der Waals surface area (Å²) >= 11 is 1.00. The van der Waals surface area contributed by atoms with Gasteiger partial charge < -0.3 is 13.9 Å². The summed E-state index contributed by atoms with van der Waals surface area (Å²) in [6.45, 7) is 1.89. The Hall–Kier alpha value is -3.01. The summed E-state index contributed by atoms with van der Waals surface area (Å²) in [5.41, 5.74) is 1.21. The van der Waals surface area contributed by atoms with Gasteiger partial charge in [-0.05, 0) is 36.7 Å². The second kappa shape index (κ2) is 5.32. The van der Waals surface area contributed by atoms with Crippen LogP contribution in [-0.2, 0) is 0 Å². The number of nitrogens with zero attached hydrogens (tertiary/aromatic N) is 4. The van der Waals surface area contributed by atoms with Gasteiger partial charge in [-0.25, -0.2) is 0 Å². The van der Waals surface area contributed by atoms with Gasteiger partial charge in [0.15, 0.2) is 11.5 Å². The first-order valence-electron chi connectivity index (χ1n) is 6.54. The van der Waals surface area contributed by atoms with E-state index in [4.69, 9.17) is 13.9 Å². The van der Waals surface area contributed by atoms with Crippen molar-refractivity contribution in [3.8, 4) is 23.0 Å². The molecular formula is C13H9N5O4S. The van der Waals surface area contributed by atoms with Crippen molar-refractivity contribution < 1.29 is 18.7 Å². The second-order valence-electron chi connectivity index (χ2n) is 4.62. The molecule has 0 unspecified atom stereocenters.